The maximum atomic E-state index is 13.6. The molecule has 3 nitrogen and oxygen atoms in total. The van der Waals surface area contributed by atoms with Crippen LogP contribution in [0.1, 0.15) is 15.9 Å². The number of carbonyl (C=O) groups excluding carboxylic acids is 1. The van der Waals surface area contributed by atoms with Crippen molar-refractivity contribution in [3.05, 3.63) is 63.9 Å². The third-order valence-corrected chi connectivity index (χ3v) is 4.98. The highest BCUT2D eigenvalue weighted by Crippen LogP contribution is 2.23. The number of halogens is 2. The van der Waals surface area contributed by atoms with Gasteiger partial charge in [0.25, 0.3) is 0 Å². The average molecular weight is 371 g/mol. The second-order valence-corrected chi connectivity index (χ2v) is 6.49. The van der Waals surface area contributed by atoms with Crippen molar-refractivity contribution < 1.29 is 18.1 Å². The molecule has 6 heteroatoms. The van der Waals surface area contributed by atoms with Gasteiger partial charge in [-0.15, -0.1) is 0 Å². The van der Waals surface area contributed by atoms with Crippen LogP contribution in [-0.4, -0.2) is 17.3 Å². The molecular weight excluding hydrogens is 359 g/mol. The fourth-order valence-corrected chi connectivity index (χ4v) is 3.67. The lowest BCUT2D eigenvalue weighted by molar-refractivity contribution is 0.0600. The molecule has 0 saturated carbocycles. The molecule has 0 N–H and O–H groups in total. The Kier molecular flexibility index (Phi) is 5.25. The molecule has 0 fully saturated rings. The molecule has 0 radical (unpaired) electrons. The van der Waals surface area contributed by atoms with E-state index in [-0.39, 0.29) is 10.6 Å². The minimum atomic E-state index is -1.50. The normalized spacial score (nSPS) is 12.0. The Labute approximate surface area is 132 Å². The van der Waals surface area contributed by atoms with Gasteiger partial charge in [0.15, 0.2) is 0 Å². The summed E-state index contributed by atoms with van der Waals surface area (Å²) < 4.78 is 31.1. The topological polar surface area (TPSA) is 43.4 Å². The number of carbonyl (C=O) groups is 1. The highest BCUT2D eigenvalue weighted by atomic mass is 79.9. The number of esters is 1. The van der Waals surface area contributed by atoms with Crippen LogP contribution < -0.4 is 0 Å². The predicted octanol–water partition coefficient (Wildman–Crippen LogP) is 3.68. The zero-order valence-electron chi connectivity index (χ0n) is 11.1. The van der Waals surface area contributed by atoms with Crippen LogP contribution in [-0.2, 0) is 21.3 Å². The van der Waals surface area contributed by atoms with Gasteiger partial charge in [-0.25, -0.2) is 9.18 Å². The van der Waals surface area contributed by atoms with E-state index in [2.05, 4.69) is 20.7 Å². The van der Waals surface area contributed by atoms with E-state index in [9.17, 15) is 13.4 Å². The van der Waals surface area contributed by atoms with Gasteiger partial charge in [0.2, 0.25) is 0 Å². The Morgan fingerprint density at radius 2 is 2.00 bits per heavy atom. The van der Waals surface area contributed by atoms with Gasteiger partial charge in [-0.2, -0.15) is 0 Å². The summed E-state index contributed by atoms with van der Waals surface area (Å²) >= 11 is 3.33. The first-order valence-corrected chi connectivity index (χ1v) is 8.13. The zero-order valence-corrected chi connectivity index (χ0v) is 13.5. The van der Waals surface area contributed by atoms with Gasteiger partial charge in [-0.1, -0.05) is 34.1 Å². The van der Waals surface area contributed by atoms with Gasteiger partial charge in [0.05, 0.1) is 34.1 Å². The number of ether oxygens (including phenoxy) is 1. The molecule has 2 rings (SSSR count). The first kappa shape index (κ1) is 15.9. The molecule has 0 spiro atoms. The van der Waals surface area contributed by atoms with Crippen LogP contribution in [0.4, 0.5) is 4.39 Å². The first-order chi connectivity index (χ1) is 10.0. The SMILES string of the molecule is COC(=O)c1ccc(CS(=O)c2ccccc2F)c(Br)c1. The van der Waals surface area contributed by atoms with Crippen LogP contribution in [0.15, 0.2) is 51.8 Å². The van der Waals surface area contributed by atoms with Crippen molar-refractivity contribution in [1.29, 1.82) is 0 Å². The molecule has 2 aromatic rings. The van der Waals surface area contributed by atoms with E-state index < -0.39 is 22.6 Å². The van der Waals surface area contributed by atoms with Gasteiger partial charge in [-0.3, -0.25) is 4.21 Å². The molecule has 110 valence electrons. The van der Waals surface area contributed by atoms with Crippen molar-refractivity contribution in [3.8, 4) is 0 Å². The molecule has 0 bridgehead atoms. The summed E-state index contributed by atoms with van der Waals surface area (Å²) in [6, 6.07) is 10.8. The molecule has 0 aliphatic carbocycles. The lowest BCUT2D eigenvalue weighted by atomic mass is 10.1. The minimum Gasteiger partial charge on any atom is -0.465 e. The van der Waals surface area contributed by atoms with Crippen LogP contribution >= 0.6 is 15.9 Å². The number of methoxy groups -OCH3 is 1. The highest BCUT2D eigenvalue weighted by Gasteiger charge is 2.13. The van der Waals surface area contributed by atoms with Crippen LogP contribution in [0.2, 0.25) is 0 Å². The van der Waals surface area contributed by atoms with Crippen LogP contribution in [0.3, 0.4) is 0 Å². The molecule has 0 aromatic heterocycles. The van der Waals surface area contributed by atoms with Crippen molar-refractivity contribution in [2.45, 2.75) is 10.6 Å². The van der Waals surface area contributed by atoms with E-state index in [0.29, 0.717) is 10.0 Å². The number of hydrogen-bond acceptors (Lipinski definition) is 3. The van der Waals surface area contributed by atoms with Crippen molar-refractivity contribution in [3.63, 3.8) is 0 Å². The van der Waals surface area contributed by atoms with Gasteiger partial charge >= 0.3 is 5.97 Å². The predicted molar refractivity (Wildman–Crippen MR) is 82.0 cm³/mol. The second kappa shape index (κ2) is 6.95. The van der Waals surface area contributed by atoms with E-state index in [1.807, 2.05) is 0 Å². The van der Waals surface area contributed by atoms with Gasteiger partial charge < -0.3 is 4.74 Å². The third kappa shape index (κ3) is 3.77. The minimum absolute atomic E-state index is 0.156. The summed E-state index contributed by atoms with van der Waals surface area (Å²) in [6.07, 6.45) is 0. The Morgan fingerprint density at radius 1 is 1.29 bits per heavy atom. The smallest absolute Gasteiger partial charge is 0.337 e. The average Bonchev–Trinajstić information content (AvgIpc) is 2.48. The van der Waals surface area contributed by atoms with E-state index >= 15 is 0 Å². The Bertz CT molecular complexity index is 703. The van der Waals surface area contributed by atoms with E-state index in [0.717, 1.165) is 5.56 Å². The number of rotatable bonds is 4. The summed E-state index contributed by atoms with van der Waals surface area (Å²) in [5, 5.41) is 0. The molecular formula is C15H12BrFO3S. The van der Waals surface area contributed by atoms with E-state index in [1.54, 1.807) is 30.3 Å². The highest BCUT2D eigenvalue weighted by molar-refractivity contribution is 9.10. The molecule has 1 unspecified atom stereocenters. The van der Waals surface area contributed by atoms with Crippen molar-refractivity contribution in [2.24, 2.45) is 0 Å². The van der Waals surface area contributed by atoms with Gasteiger partial charge in [0, 0.05) is 4.47 Å². The quantitative estimate of drug-likeness (QED) is 0.771. The van der Waals surface area contributed by atoms with Crippen LogP contribution in [0.25, 0.3) is 0 Å². The molecule has 0 amide bonds. The molecule has 0 heterocycles. The molecule has 21 heavy (non-hydrogen) atoms. The van der Waals surface area contributed by atoms with Gasteiger partial charge in [0.1, 0.15) is 5.82 Å². The summed E-state index contributed by atoms with van der Waals surface area (Å²) in [7, 11) is -0.194. The lowest BCUT2D eigenvalue weighted by Gasteiger charge is -2.07. The summed E-state index contributed by atoms with van der Waals surface area (Å²) in [6.45, 7) is 0. The largest absolute Gasteiger partial charge is 0.465 e. The maximum Gasteiger partial charge on any atom is 0.337 e. The Morgan fingerprint density at radius 3 is 2.62 bits per heavy atom. The van der Waals surface area contributed by atoms with Crippen molar-refractivity contribution >= 4 is 32.7 Å². The van der Waals surface area contributed by atoms with Crippen LogP contribution in [0, 0.1) is 5.82 Å². The standard InChI is InChI=1S/C15H12BrFO3S/c1-20-15(18)10-6-7-11(12(16)8-10)9-21(19)14-5-3-2-4-13(14)17/h2-8H,9H2,1H3. The Hall–Kier alpha value is -1.53. The third-order valence-electron chi connectivity index (χ3n) is 2.84. The van der Waals surface area contributed by atoms with Crippen molar-refractivity contribution in [2.75, 3.05) is 7.11 Å². The number of hydrogen-bond donors (Lipinski definition) is 0. The molecule has 2 aromatic carbocycles. The summed E-state index contributed by atoms with van der Waals surface area (Å²) in [5.41, 5.74) is 1.12. The van der Waals surface area contributed by atoms with Gasteiger partial charge in [-0.05, 0) is 29.8 Å². The van der Waals surface area contributed by atoms with E-state index in [4.69, 9.17) is 0 Å². The first-order valence-electron chi connectivity index (χ1n) is 6.02. The van der Waals surface area contributed by atoms with Crippen LogP contribution in [0.5, 0.6) is 0 Å². The fourth-order valence-electron chi connectivity index (χ4n) is 1.76. The molecule has 0 aliphatic heterocycles. The fraction of sp³-hybridized carbons (Fsp3) is 0.133. The summed E-state index contributed by atoms with van der Waals surface area (Å²) in [4.78, 5) is 11.6. The number of benzene rings is 2. The Balaban J connectivity index is 2.22. The van der Waals surface area contributed by atoms with E-state index in [1.165, 1.54) is 19.2 Å². The summed E-state index contributed by atoms with van der Waals surface area (Å²) in [5.74, 6) is -0.779. The monoisotopic (exact) mass is 370 g/mol. The molecule has 0 saturated heterocycles. The molecule has 1 atom stereocenters. The maximum absolute atomic E-state index is 13.6. The zero-order chi connectivity index (χ0) is 15.4. The second-order valence-electron chi connectivity index (χ2n) is 4.22. The van der Waals surface area contributed by atoms with Crippen molar-refractivity contribution in [1.82, 2.24) is 0 Å². The lowest BCUT2D eigenvalue weighted by Crippen LogP contribution is -2.03. The molecule has 0 aliphatic rings.